The largest absolute Gasteiger partial charge is 0.354 e. The van der Waals surface area contributed by atoms with Gasteiger partial charge in [0.05, 0.1) is 0 Å². The van der Waals surface area contributed by atoms with Gasteiger partial charge in [0.2, 0.25) is 0 Å². The lowest BCUT2D eigenvalue weighted by Crippen LogP contribution is -2.56. The minimum Gasteiger partial charge on any atom is -0.354 e. The van der Waals surface area contributed by atoms with Crippen LogP contribution in [0, 0.1) is 5.41 Å². The first-order valence-electron chi connectivity index (χ1n) is 8.27. The van der Waals surface area contributed by atoms with E-state index < -0.39 is 0 Å². The molecule has 1 aromatic rings. The molecule has 0 aliphatic carbocycles. The first-order valence-corrected chi connectivity index (χ1v) is 8.27. The van der Waals surface area contributed by atoms with Gasteiger partial charge in [-0.1, -0.05) is 19.9 Å². The summed E-state index contributed by atoms with van der Waals surface area (Å²) in [7, 11) is 0. The third kappa shape index (κ3) is 3.55. The van der Waals surface area contributed by atoms with Gasteiger partial charge in [0, 0.05) is 45.0 Å². The van der Waals surface area contributed by atoms with Crippen molar-refractivity contribution in [3.05, 3.63) is 24.4 Å². The number of aromatic nitrogens is 1. The maximum Gasteiger partial charge on any atom is 0.128 e. The molecule has 21 heavy (non-hydrogen) atoms. The zero-order chi connectivity index (χ0) is 14.7. The van der Waals surface area contributed by atoms with Gasteiger partial charge in [-0.2, -0.15) is 0 Å². The monoisotopic (exact) mass is 288 g/mol. The molecule has 2 aliphatic heterocycles. The third-order valence-corrected chi connectivity index (χ3v) is 5.12. The predicted octanol–water partition coefficient (Wildman–Crippen LogP) is 1.98. The van der Waals surface area contributed by atoms with Gasteiger partial charge in [0.15, 0.2) is 0 Å². The van der Waals surface area contributed by atoms with Crippen molar-refractivity contribution in [1.29, 1.82) is 0 Å². The van der Waals surface area contributed by atoms with Crippen LogP contribution in [0.15, 0.2) is 24.4 Å². The lowest BCUT2D eigenvalue weighted by molar-refractivity contribution is 0.123. The summed E-state index contributed by atoms with van der Waals surface area (Å²) in [6, 6.07) is 6.80. The van der Waals surface area contributed by atoms with Crippen molar-refractivity contribution in [1.82, 2.24) is 15.2 Å². The van der Waals surface area contributed by atoms with Crippen LogP contribution in [0.3, 0.4) is 0 Å². The summed E-state index contributed by atoms with van der Waals surface area (Å²) in [5.74, 6) is 1.12. The summed E-state index contributed by atoms with van der Waals surface area (Å²) in [6.07, 6.45) is 4.55. The van der Waals surface area contributed by atoms with Crippen LogP contribution in [0.25, 0.3) is 0 Å². The number of pyridine rings is 1. The second-order valence-electron chi connectivity index (χ2n) is 7.07. The van der Waals surface area contributed by atoms with Crippen LogP contribution >= 0.6 is 0 Å². The number of hydrogen-bond donors (Lipinski definition) is 1. The molecule has 3 rings (SSSR count). The molecule has 4 heteroatoms. The fourth-order valence-electron chi connectivity index (χ4n) is 3.54. The van der Waals surface area contributed by atoms with Crippen LogP contribution in [0.5, 0.6) is 0 Å². The van der Waals surface area contributed by atoms with Crippen molar-refractivity contribution >= 4 is 5.82 Å². The summed E-state index contributed by atoms with van der Waals surface area (Å²) in [4.78, 5) is 9.48. The Kier molecular flexibility index (Phi) is 4.45. The van der Waals surface area contributed by atoms with Gasteiger partial charge >= 0.3 is 0 Å². The number of nitrogens with one attached hydrogen (secondary N) is 1. The number of piperazine rings is 1. The first kappa shape index (κ1) is 14.8. The molecule has 0 aromatic carbocycles. The minimum absolute atomic E-state index is 0.427. The quantitative estimate of drug-likeness (QED) is 0.921. The van der Waals surface area contributed by atoms with E-state index in [0.29, 0.717) is 11.5 Å². The first-order chi connectivity index (χ1) is 10.1. The molecule has 0 bridgehead atoms. The lowest BCUT2D eigenvalue weighted by atomic mass is 9.77. The third-order valence-electron chi connectivity index (χ3n) is 5.12. The molecule has 2 aliphatic rings. The van der Waals surface area contributed by atoms with Crippen LogP contribution < -0.4 is 10.2 Å². The second kappa shape index (κ2) is 6.32. The fourth-order valence-corrected chi connectivity index (χ4v) is 3.54. The second-order valence-corrected chi connectivity index (χ2v) is 7.07. The standard InChI is InChI=1S/C17H28N4/c1-17(2)7-5-9-18-15(17)14-20-10-12-21(13-11-20)16-6-3-4-8-19-16/h3-4,6,8,15,18H,5,7,9-14H2,1-2H3. The SMILES string of the molecule is CC1(C)CCCNC1CN1CCN(c2ccccn2)CC1. The van der Waals surface area contributed by atoms with Gasteiger partial charge < -0.3 is 10.2 Å². The Bertz CT molecular complexity index is 437. The average Bonchev–Trinajstić information content (AvgIpc) is 2.51. The molecule has 116 valence electrons. The molecule has 0 amide bonds. The molecule has 0 saturated carbocycles. The molecular weight excluding hydrogens is 260 g/mol. The predicted molar refractivity (Wildman–Crippen MR) is 87.7 cm³/mol. The van der Waals surface area contributed by atoms with Crippen molar-refractivity contribution in [2.24, 2.45) is 5.41 Å². The molecule has 1 N–H and O–H groups in total. The Morgan fingerprint density at radius 3 is 2.71 bits per heavy atom. The maximum atomic E-state index is 4.46. The van der Waals surface area contributed by atoms with E-state index in [9.17, 15) is 0 Å². The Morgan fingerprint density at radius 2 is 2.05 bits per heavy atom. The molecule has 4 nitrogen and oxygen atoms in total. The van der Waals surface area contributed by atoms with E-state index in [1.807, 2.05) is 12.3 Å². The minimum atomic E-state index is 0.427. The van der Waals surface area contributed by atoms with Gasteiger partial charge in [-0.25, -0.2) is 4.98 Å². The number of rotatable bonds is 3. The molecule has 1 aromatic heterocycles. The Morgan fingerprint density at radius 1 is 1.24 bits per heavy atom. The molecule has 1 atom stereocenters. The molecular formula is C17H28N4. The fraction of sp³-hybridized carbons (Fsp3) is 0.706. The van der Waals surface area contributed by atoms with E-state index in [-0.39, 0.29) is 0 Å². The van der Waals surface area contributed by atoms with E-state index in [1.54, 1.807) is 0 Å². The van der Waals surface area contributed by atoms with Crippen molar-refractivity contribution in [3.63, 3.8) is 0 Å². The van der Waals surface area contributed by atoms with Gasteiger partial charge in [0.1, 0.15) is 5.82 Å². The Hall–Kier alpha value is -1.13. The molecule has 0 radical (unpaired) electrons. The highest BCUT2D eigenvalue weighted by Crippen LogP contribution is 2.30. The Labute approximate surface area is 128 Å². The van der Waals surface area contributed by atoms with Crippen LogP contribution in [0.1, 0.15) is 26.7 Å². The molecule has 2 saturated heterocycles. The molecule has 0 spiro atoms. The molecule has 3 heterocycles. The van der Waals surface area contributed by atoms with E-state index in [1.165, 1.54) is 25.9 Å². The summed E-state index contributed by atoms with van der Waals surface area (Å²) < 4.78 is 0. The van der Waals surface area contributed by atoms with E-state index >= 15 is 0 Å². The van der Waals surface area contributed by atoms with Crippen molar-refractivity contribution < 1.29 is 0 Å². The van der Waals surface area contributed by atoms with Crippen molar-refractivity contribution in [2.75, 3.05) is 44.2 Å². The molecule has 1 unspecified atom stereocenters. The highest BCUT2D eigenvalue weighted by atomic mass is 15.3. The zero-order valence-corrected chi connectivity index (χ0v) is 13.4. The van der Waals surface area contributed by atoms with Crippen LogP contribution in [-0.4, -0.2) is 55.2 Å². The molecule has 2 fully saturated rings. The number of anilines is 1. The van der Waals surface area contributed by atoms with Gasteiger partial charge in [-0.15, -0.1) is 0 Å². The van der Waals surface area contributed by atoms with Crippen molar-refractivity contribution in [3.8, 4) is 0 Å². The maximum absolute atomic E-state index is 4.46. The van der Waals surface area contributed by atoms with E-state index in [2.05, 4.69) is 46.1 Å². The highest BCUT2D eigenvalue weighted by Gasteiger charge is 2.33. The number of piperidine rings is 1. The van der Waals surface area contributed by atoms with Gasteiger partial charge in [-0.3, -0.25) is 4.90 Å². The van der Waals surface area contributed by atoms with Crippen molar-refractivity contribution in [2.45, 2.75) is 32.7 Å². The highest BCUT2D eigenvalue weighted by molar-refractivity contribution is 5.38. The van der Waals surface area contributed by atoms with Crippen LogP contribution in [-0.2, 0) is 0 Å². The van der Waals surface area contributed by atoms with Gasteiger partial charge in [-0.05, 0) is 36.9 Å². The normalized spacial score (nSPS) is 26.8. The smallest absolute Gasteiger partial charge is 0.128 e. The lowest BCUT2D eigenvalue weighted by Gasteiger charge is -2.44. The van der Waals surface area contributed by atoms with E-state index in [4.69, 9.17) is 0 Å². The Balaban J connectivity index is 1.52. The zero-order valence-electron chi connectivity index (χ0n) is 13.4. The van der Waals surface area contributed by atoms with Gasteiger partial charge in [0.25, 0.3) is 0 Å². The average molecular weight is 288 g/mol. The number of nitrogens with zero attached hydrogens (tertiary/aromatic N) is 3. The van der Waals surface area contributed by atoms with Crippen LogP contribution in [0.4, 0.5) is 5.82 Å². The van der Waals surface area contributed by atoms with Crippen LogP contribution in [0.2, 0.25) is 0 Å². The summed E-state index contributed by atoms with van der Waals surface area (Å²) in [6.45, 7) is 11.6. The summed E-state index contributed by atoms with van der Waals surface area (Å²) >= 11 is 0. The number of hydrogen-bond acceptors (Lipinski definition) is 4. The summed E-state index contributed by atoms with van der Waals surface area (Å²) in [5.41, 5.74) is 0.427. The topological polar surface area (TPSA) is 31.4 Å². The van der Waals surface area contributed by atoms with E-state index in [0.717, 1.165) is 32.0 Å². The summed E-state index contributed by atoms with van der Waals surface area (Å²) in [5, 5.41) is 3.73.